The van der Waals surface area contributed by atoms with E-state index in [0.29, 0.717) is 5.75 Å². The molecule has 280 valence electrons. The van der Waals surface area contributed by atoms with Crippen molar-refractivity contribution >= 4 is 51.7 Å². The van der Waals surface area contributed by atoms with Crippen LogP contribution in [0.4, 0.5) is 11.4 Å². The molecule has 3 fully saturated rings. The van der Waals surface area contributed by atoms with E-state index >= 15 is 0 Å². The van der Waals surface area contributed by atoms with E-state index in [0.717, 1.165) is 86.5 Å². The topological polar surface area (TPSA) is 114 Å². The maximum Gasteiger partial charge on any atom is 0.495 e. The quantitative estimate of drug-likeness (QED) is 0.182. The number of benzene rings is 4. The van der Waals surface area contributed by atoms with Gasteiger partial charge in [-0.2, -0.15) is 0 Å². The summed E-state index contributed by atoms with van der Waals surface area (Å²) in [7, 11) is -0.467. The lowest BCUT2D eigenvalue weighted by molar-refractivity contribution is -0.119. The average Bonchev–Trinajstić information content (AvgIpc) is 4.01. The molecule has 54 heavy (non-hydrogen) atoms. The Morgan fingerprint density at radius 3 is 1.50 bits per heavy atom. The zero-order chi connectivity index (χ0) is 38.0. The van der Waals surface area contributed by atoms with Gasteiger partial charge >= 0.3 is 7.12 Å². The summed E-state index contributed by atoms with van der Waals surface area (Å²) in [5.41, 5.74) is 4.85. The second-order valence-electron chi connectivity index (χ2n) is 15.8. The summed E-state index contributed by atoms with van der Waals surface area (Å²) < 4.78 is 35.1. The molecule has 12 heteroatoms. The van der Waals surface area contributed by atoms with Gasteiger partial charge in [-0.25, -0.2) is 0 Å². The number of anilines is 2. The molecule has 5 aliphatic rings. The van der Waals surface area contributed by atoms with Crippen LogP contribution in [0.5, 0.6) is 23.0 Å². The van der Waals surface area contributed by atoms with Crippen molar-refractivity contribution in [1.82, 2.24) is 0 Å². The zero-order valence-electron chi connectivity index (χ0n) is 31.4. The first-order chi connectivity index (χ1) is 25.7. The molecule has 2 aliphatic carbocycles. The van der Waals surface area contributed by atoms with Crippen molar-refractivity contribution in [3.8, 4) is 23.0 Å². The molecular weight excluding hydrogens is 751 g/mol. The van der Waals surface area contributed by atoms with Crippen LogP contribution in [0, 0.1) is 13.8 Å². The summed E-state index contributed by atoms with van der Waals surface area (Å²) in [4.78, 5) is 26.1. The third-order valence-electron chi connectivity index (χ3n) is 11.7. The summed E-state index contributed by atoms with van der Waals surface area (Å²) in [6, 6.07) is 23.3. The number of halogens is 1. The standard InChI is InChI=1S/C24H28BNO5.C18H16BrNO3/c1-15-6-8-17(13-18(15)25-30-22(2,3)23(4,5)31-25)26-21(27)24(10-11-24)16-7-9-19-20(12-16)29-14-28-19;1-11-2-4-13(9-14(11)19)20-17(21)18(6-7-18)12-3-5-15-16(8-12)23-10-22-15/h6-9,12-13H,10-11,14H2,1-5H3,(H,26,27);2-5,8-9H,6-7,10H2,1H3,(H,20,21). The molecule has 9 rings (SSSR count). The fourth-order valence-corrected chi connectivity index (χ4v) is 7.43. The van der Waals surface area contributed by atoms with Gasteiger partial charge in [-0.1, -0.05) is 45.8 Å². The number of nitrogens with one attached hydrogen (secondary N) is 2. The minimum Gasteiger partial charge on any atom is -0.454 e. The Kier molecular flexibility index (Phi) is 9.02. The van der Waals surface area contributed by atoms with Crippen molar-refractivity contribution in [3.05, 3.63) is 99.5 Å². The highest BCUT2D eigenvalue weighted by Gasteiger charge is 2.54. The van der Waals surface area contributed by atoms with Crippen LogP contribution in [0.2, 0.25) is 0 Å². The minimum absolute atomic E-state index is 0.00455. The molecule has 2 amide bonds. The first kappa shape index (κ1) is 36.5. The number of carbonyl (C=O) groups excluding carboxylic acids is 2. The van der Waals surface area contributed by atoms with E-state index in [1.54, 1.807) is 0 Å². The average molecular weight is 796 g/mol. The number of rotatable bonds is 7. The van der Waals surface area contributed by atoms with Crippen molar-refractivity contribution in [1.29, 1.82) is 0 Å². The molecule has 0 atom stereocenters. The smallest absolute Gasteiger partial charge is 0.454 e. The summed E-state index contributed by atoms with van der Waals surface area (Å²) in [5, 5.41) is 6.16. The van der Waals surface area contributed by atoms with Gasteiger partial charge in [0.1, 0.15) is 0 Å². The van der Waals surface area contributed by atoms with Crippen molar-refractivity contribution in [2.75, 3.05) is 24.2 Å². The Morgan fingerprint density at radius 2 is 1.04 bits per heavy atom. The number of amides is 2. The number of aryl methyl sites for hydroxylation is 2. The zero-order valence-corrected chi connectivity index (χ0v) is 33.0. The molecule has 10 nitrogen and oxygen atoms in total. The van der Waals surface area contributed by atoms with Crippen LogP contribution in [0.3, 0.4) is 0 Å². The first-order valence-electron chi connectivity index (χ1n) is 18.4. The lowest BCUT2D eigenvalue weighted by atomic mass is 9.76. The Labute approximate surface area is 324 Å². The lowest BCUT2D eigenvalue weighted by Crippen LogP contribution is -2.41. The third kappa shape index (κ3) is 6.62. The normalized spacial score (nSPS) is 19.7. The first-order valence-corrected chi connectivity index (χ1v) is 19.1. The van der Waals surface area contributed by atoms with Crippen LogP contribution in [-0.4, -0.2) is 43.7 Å². The molecule has 0 bridgehead atoms. The van der Waals surface area contributed by atoms with Gasteiger partial charge in [0.25, 0.3) is 0 Å². The predicted octanol–water partition coefficient (Wildman–Crippen LogP) is 7.85. The molecule has 0 radical (unpaired) electrons. The van der Waals surface area contributed by atoms with Gasteiger partial charge in [0, 0.05) is 15.8 Å². The number of ether oxygens (including phenoxy) is 4. The maximum atomic E-state index is 13.3. The second-order valence-corrected chi connectivity index (χ2v) is 16.7. The van der Waals surface area contributed by atoms with E-state index in [4.69, 9.17) is 28.3 Å². The van der Waals surface area contributed by atoms with E-state index in [1.807, 2.05) is 114 Å². The molecular formula is C42H44BBrN2O8. The van der Waals surface area contributed by atoms with Gasteiger partial charge < -0.3 is 38.9 Å². The van der Waals surface area contributed by atoms with Crippen LogP contribution in [0.1, 0.15) is 75.6 Å². The third-order valence-corrected chi connectivity index (χ3v) is 12.5. The van der Waals surface area contributed by atoms with E-state index in [-0.39, 0.29) is 25.4 Å². The molecule has 3 heterocycles. The summed E-state index contributed by atoms with van der Waals surface area (Å²) in [6.45, 7) is 12.7. The number of carbonyl (C=O) groups is 2. The van der Waals surface area contributed by atoms with Gasteiger partial charge in [-0.05, 0) is 138 Å². The second kappa shape index (κ2) is 13.4. The molecule has 2 saturated carbocycles. The van der Waals surface area contributed by atoms with Gasteiger partial charge in [-0.15, -0.1) is 0 Å². The van der Waals surface area contributed by atoms with Crippen LogP contribution < -0.4 is 35.0 Å². The Balaban J connectivity index is 0.000000160. The molecule has 0 unspecified atom stereocenters. The molecule has 1 saturated heterocycles. The van der Waals surface area contributed by atoms with Crippen molar-refractivity contribution < 1.29 is 37.8 Å². The van der Waals surface area contributed by atoms with Crippen LogP contribution >= 0.6 is 15.9 Å². The van der Waals surface area contributed by atoms with E-state index in [9.17, 15) is 9.59 Å². The fraction of sp³-hybridized carbons (Fsp3) is 0.381. The largest absolute Gasteiger partial charge is 0.495 e. The van der Waals surface area contributed by atoms with E-state index < -0.39 is 29.2 Å². The Morgan fingerprint density at radius 1 is 0.593 bits per heavy atom. The molecule has 0 aromatic heterocycles. The Hall–Kier alpha value is -4.52. The van der Waals surface area contributed by atoms with Gasteiger partial charge in [-0.3, -0.25) is 9.59 Å². The molecule has 4 aromatic rings. The van der Waals surface area contributed by atoms with Crippen LogP contribution in [-0.2, 0) is 29.7 Å². The highest BCUT2D eigenvalue weighted by atomic mass is 79.9. The lowest BCUT2D eigenvalue weighted by Gasteiger charge is -2.32. The number of fused-ring (bicyclic) bond motifs is 2. The molecule has 4 aromatic carbocycles. The monoisotopic (exact) mass is 794 g/mol. The van der Waals surface area contributed by atoms with Crippen LogP contribution in [0.25, 0.3) is 0 Å². The maximum absolute atomic E-state index is 13.3. The SMILES string of the molecule is Cc1ccc(NC(=O)C2(c3ccc4c(c3)OCO4)CC2)cc1B1OC(C)(C)C(C)(C)O1.Cc1ccc(NC(=O)C2(c3ccc4c(c3)OCO4)CC2)cc1Br. The molecule has 0 spiro atoms. The van der Waals surface area contributed by atoms with E-state index in [2.05, 4.69) is 26.6 Å². The van der Waals surface area contributed by atoms with Crippen molar-refractivity contribution in [3.63, 3.8) is 0 Å². The number of hydrogen-bond donors (Lipinski definition) is 2. The predicted molar refractivity (Wildman–Crippen MR) is 210 cm³/mol. The minimum atomic E-state index is -0.517. The number of hydrogen-bond acceptors (Lipinski definition) is 8. The van der Waals surface area contributed by atoms with Gasteiger partial charge in [0.2, 0.25) is 25.4 Å². The summed E-state index contributed by atoms with van der Waals surface area (Å²) in [5.74, 6) is 2.93. The van der Waals surface area contributed by atoms with E-state index in [1.165, 1.54) is 0 Å². The molecule has 3 aliphatic heterocycles. The highest BCUT2D eigenvalue weighted by molar-refractivity contribution is 9.10. The molecule has 2 N–H and O–H groups in total. The van der Waals surface area contributed by atoms with Gasteiger partial charge in [0.05, 0.1) is 22.0 Å². The Bertz CT molecular complexity index is 2150. The summed E-state index contributed by atoms with van der Waals surface area (Å²) >= 11 is 3.50. The highest BCUT2D eigenvalue weighted by Crippen LogP contribution is 2.52. The van der Waals surface area contributed by atoms with Crippen LogP contribution in [0.15, 0.2) is 77.3 Å². The van der Waals surface area contributed by atoms with Crippen molar-refractivity contribution in [2.45, 2.75) is 89.3 Å². The fourth-order valence-electron chi connectivity index (χ4n) is 7.05. The van der Waals surface area contributed by atoms with Gasteiger partial charge in [0.15, 0.2) is 23.0 Å². The summed E-state index contributed by atoms with van der Waals surface area (Å²) in [6.07, 6.45) is 3.33. The van der Waals surface area contributed by atoms with Crippen molar-refractivity contribution in [2.24, 2.45) is 0 Å².